The van der Waals surface area contributed by atoms with E-state index in [-0.39, 0.29) is 6.04 Å². The summed E-state index contributed by atoms with van der Waals surface area (Å²) in [7, 11) is 0. The summed E-state index contributed by atoms with van der Waals surface area (Å²) in [5.74, 6) is 0. The van der Waals surface area contributed by atoms with Gasteiger partial charge in [0.1, 0.15) is 0 Å². The number of hydrogen-bond donors (Lipinski definition) is 0. The molecule has 1 saturated heterocycles. The summed E-state index contributed by atoms with van der Waals surface area (Å²) in [6.07, 6.45) is 13.3. The first-order valence-corrected chi connectivity index (χ1v) is 7.52. The molecule has 1 rings (SSSR count). The average Bonchev–Trinajstić information content (AvgIpc) is 2.80. The van der Waals surface area contributed by atoms with Crippen molar-refractivity contribution in [1.29, 1.82) is 5.26 Å². The zero-order valence-corrected chi connectivity index (χ0v) is 11.5. The molecule has 1 heterocycles. The number of rotatable bonds is 9. The van der Waals surface area contributed by atoms with Crippen molar-refractivity contribution in [3.05, 3.63) is 0 Å². The van der Waals surface area contributed by atoms with Gasteiger partial charge in [0.2, 0.25) is 0 Å². The topological polar surface area (TPSA) is 27.0 Å². The van der Waals surface area contributed by atoms with Crippen LogP contribution in [0.15, 0.2) is 0 Å². The number of nitriles is 1. The molecule has 0 aromatic heterocycles. The van der Waals surface area contributed by atoms with Gasteiger partial charge in [0.15, 0.2) is 0 Å². The van der Waals surface area contributed by atoms with Crippen molar-refractivity contribution < 1.29 is 0 Å². The van der Waals surface area contributed by atoms with E-state index in [1.807, 2.05) is 0 Å². The molecule has 0 aromatic carbocycles. The summed E-state index contributed by atoms with van der Waals surface area (Å²) in [4.78, 5) is 2.37. The number of likely N-dealkylation sites (tertiary alicyclic amines) is 1. The second kappa shape index (κ2) is 9.48. The van der Waals surface area contributed by atoms with Gasteiger partial charge in [-0.25, -0.2) is 0 Å². The van der Waals surface area contributed by atoms with Crippen molar-refractivity contribution in [3.63, 3.8) is 0 Å². The summed E-state index contributed by atoms with van der Waals surface area (Å²) in [6, 6.07) is 2.64. The zero-order valence-electron chi connectivity index (χ0n) is 11.5. The van der Waals surface area contributed by atoms with Crippen LogP contribution in [0.4, 0.5) is 0 Å². The maximum atomic E-state index is 8.97. The first-order valence-electron chi connectivity index (χ1n) is 7.52. The standard InChI is InChI=1S/C15H28N2/c1-2-3-4-5-6-7-8-9-12-17-13-10-11-15(17)14-16/h15H,2-13H2,1H3. The lowest BCUT2D eigenvalue weighted by Gasteiger charge is -2.18. The first-order chi connectivity index (χ1) is 8.38. The van der Waals surface area contributed by atoms with E-state index in [9.17, 15) is 0 Å². The fraction of sp³-hybridized carbons (Fsp3) is 0.933. The molecule has 1 unspecified atom stereocenters. The minimum absolute atomic E-state index is 0.222. The molecule has 0 amide bonds. The van der Waals surface area contributed by atoms with Crippen LogP contribution in [0.3, 0.4) is 0 Å². The molecule has 0 spiro atoms. The van der Waals surface area contributed by atoms with Crippen LogP contribution in [-0.4, -0.2) is 24.0 Å². The summed E-state index contributed by atoms with van der Waals surface area (Å²) in [6.45, 7) is 4.56. The predicted octanol–water partition coefficient (Wildman–Crippen LogP) is 4.12. The Morgan fingerprint density at radius 1 is 1.06 bits per heavy atom. The maximum Gasteiger partial charge on any atom is 0.0978 e. The number of unbranched alkanes of at least 4 members (excludes halogenated alkanes) is 7. The highest BCUT2D eigenvalue weighted by Crippen LogP contribution is 2.17. The Bertz CT molecular complexity index is 219. The van der Waals surface area contributed by atoms with Gasteiger partial charge in [0.05, 0.1) is 12.1 Å². The molecule has 1 aliphatic rings. The highest BCUT2D eigenvalue weighted by molar-refractivity contribution is 4.95. The molecule has 0 N–H and O–H groups in total. The van der Waals surface area contributed by atoms with Crippen LogP contribution < -0.4 is 0 Å². The quantitative estimate of drug-likeness (QED) is 0.563. The molecular formula is C15H28N2. The van der Waals surface area contributed by atoms with E-state index in [1.54, 1.807) is 0 Å². The van der Waals surface area contributed by atoms with Gasteiger partial charge in [-0.15, -0.1) is 0 Å². The molecule has 1 aliphatic heterocycles. The highest BCUT2D eigenvalue weighted by atomic mass is 15.2. The van der Waals surface area contributed by atoms with Gasteiger partial charge in [-0.1, -0.05) is 51.9 Å². The van der Waals surface area contributed by atoms with E-state index >= 15 is 0 Å². The van der Waals surface area contributed by atoms with Crippen LogP contribution in [0.2, 0.25) is 0 Å². The van der Waals surface area contributed by atoms with Gasteiger partial charge < -0.3 is 0 Å². The van der Waals surface area contributed by atoms with Crippen molar-refractivity contribution in [3.8, 4) is 6.07 Å². The molecular weight excluding hydrogens is 208 g/mol. The van der Waals surface area contributed by atoms with Crippen molar-refractivity contribution >= 4 is 0 Å². The Morgan fingerprint density at radius 3 is 2.35 bits per heavy atom. The smallest absolute Gasteiger partial charge is 0.0978 e. The number of hydrogen-bond acceptors (Lipinski definition) is 2. The third-order valence-electron chi connectivity index (χ3n) is 3.81. The summed E-state index contributed by atoms with van der Waals surface area (Å²) in [5, 5.41) is 8.97. The molecule has 2 heteroatoms. The fourth-order valence-electron chi connectivity index (χ4n) is 2.69. The van der Waals surface area contributed by atoms with E-state index in [0.717, 1.165) is 19.5 Å². The lowest BCUT2D eigenvalue weighted by molar-refractivity contribution is 0.286. The molecule has 0 saturated carbocycles. The number of nitrogens with zero attached hydrogens (tertiary/aromatic N) is 2. The molecule has 98 valence electrons. The molecule has 1 fully saturated rings. The lowest BCUT2D eigenvalue weighted by atomic mass is 10.1. The van der Waals surface area contributed by atoms with E-state index in [4.69, 9.17) is 5.26 Å². The Balaban J connectivity index is 1.89. The van der Waals surface area contributed by atoms with Gasteiger partial charge in [0.25, 0.3) is 0 Å². The minimum atomic E-state index is 0.222. The van der Waals surface area contributed by atoms with Gasteiger partial charge in [0, 0.05) is 0 Å². The maximum absolute atomic E-state index is 8.97. The SMILES string of the molecule is CCCCCCCCCCN1CCCC1C#N. The zero-order chi connectivity index (χ0) is 12.3. The van der Waals surface area contributed by atoms with E-state index in [2.05, 4.69) is 17.9 Å². The molecule has 2 nitrogen and oxygen atoms in total. The summed E-state index contributed by atoms with van der Waals surface area (Å²) >= 11 is 0. The van der Waals surface area contributed by atoms with E-state index in [1.165, 1.54) is 57.8 Å². The van der Waals surface area contributed by atoms with Crippen molar-refractivity contribution in [1.82, 2.24) is 4.90 Å². The summed E-state index contributed by atoms with van der Waals surface area (Å²) in [5.41, 5.74) is 0. The van der Waals surface area contributed by atoms with Gasteiger partial charge >= 0.3 is 0 Å². The molecule has 0 aliphatic carbocycles. The van der Waals surface area contributed by atoms with Crippen LogP contribution in [0.25, 0.3) is 0 Å². The Hall–Kier alpha value is -0.550. The normalized spacial score (nSPS) is 20.6. The van der Waals surface area contributed by atoms with Crippen LogP contribution in [0.5, 0.6) is 0 Å². The Labute approximate surface area is 107 Å². The Kier molecular flexibility index (Phi) is 8.09. The van der Waals surface area contributed by atoms with Gasteiger partial charge in [-0.2, -0.15) is 5.26 Å². The van der Waals surface area contributed by atoms with Crippen molar-refractivity contribution in [2.75, 3.05) is 13.1 Å². The second-order valence-corrected chi connectivity index (χ2v) is 5.30. The van der Waals surface area contributed by atoms with Crippen LogP contribution in [0, 0.1) is 11.3 Å². The molecule has 17 heavy (non-hydrogen) atoms. The monoisotopic (exact) mass is 236 g/mol. The molecule has 1 atom stereocenters. The highest BCUT2D eigenvalue weighted by Gasteiger charge is 2.22. The fourth-order valence-corrected chi connectivity index (χ4v) is 2.69. The van der Waals surface area contributed by atoms with Gasteiger partial charge in [-0.05, 0) is 32.4 Å². The molecule has 0 aromatic rings. The van der Waals surface area contributed by atoms with E-state index < -0.39 is 0 Å². The average molecular weight is 236 g/mol. The third kappa shape index (κ3) is 6.07. The van der Waals surface area contributed by atoms with Crippen molar-refractivity contribution in [2.24, 2.45) is 0 Å². The molecule has 0 radical (unpaired) electrons. The lowest BCUT2D eigenvalue weighted by Crippen LogP contribution is -2.28. The van der Waals surface area contributed by atoms with Crippen LogP contribution >= 0.6 is 0 Å². The Morgan fingerprint density at radius 2 is 1.71 bits per heavy atom. The second-order valence-electron chi connectivity index (χ2n) is 5.30. The van der Waals surface area contributed by atoms with E-state index in [0.29, 0.717) is 0 Å². The first kappa shape index (κ1) is 14.5. The van der Waals surface area contributed by atoms with Crippen LogP contribution in [-0.2, 0) is 0 Å². The third-order valence-corrected chi connectivity index (χ3v) is 3.81. The largest absolute Gasteiger partial charge is 0.288 e. The summed E-state index contributed by atoms with van der Waals surface area (Å²) < 4.78 is 0. The van der Waals surface area contributed by atoms with Crippen molar-refractivity contribution in [2.45, 2.75) is 77.2 Å². The molecule has 0 bridgehead atoms. The predicted molar refractivity (Wildman–Crippen MR) is 72.8 cm³/mol. The minimum Gasteiger partial charge on any atom is -0.288 e. The van der Waals surface area contributed by atoms with Crippen LogP contribution in [0.1, 0.15) is 71.1 Å². The van der Waals surface area contributed by atoms with Gasteiger partial charge in [-0.3, -0.25) is 4.90 Å².